The van der Waals surface area contributed by atoms with Crippen LogP contribution in [0.5, 0.6) is 0 Å². The lowest BCUT2D eigenvalue weighted by atomic mass is 9.89. The molecular weight excluding hydrogens is 236 g/mol. The Balaban J connectivity index is 2.35. The number of hydrogen-bond acceptors (Lipinski definition) is 3. The number of thiocarbonyl (C=S) groups is 1. The van der Waals surface area contributed by atoms with Crippen molar-refractivity contribution in [3.8, 4) is 0 Å². The van der Waals surface area contributed by atoms with Crippen molar-refractivity contribution in [1.82, 2.24) is 4.90 Å². The van der Waals surface area contributed by atoms with Crippen LogP contribution in [0.4, 0.5) is 0 Å². The third-order valence-electron chi connectivity index (χ3n) is 2.82. The largest absolute Gasteiger partial charge is 0.393 e. The lowest BCUT2D eigenvalue weighted by Gasteiger charge is -2.26. The van der Waals surface area contributed by atoms with Gasteiger partial charge in [-0.1, -0.05) is 26.1 Å². The second-order valence-electron chi connectivity index (χ2n) is 4.87. The molecule has 16 heavy (non-hydrogen) atoms. The third kappa shape index (κ3) is 4.20. The Morgan fingerprint density at radius 1 is 1.56 bits per heavy atom. The molecule has 2 N–H and O–H groups in total. The highest BCUT2D eigenvalue weighted by Crippen LogP contribution is 2.21. The summed E-state index contributed by atoms with van der Waals surface area (Å²) in [7, 11) is 2.13. The van der Waals surface area contributed by atoms with E-state index >= 15 is 0 Å². The zero-order valence-corrected chi connectivity index (χ0v) is 11.8. The predicted octanol–water partition coefficient (Wildman–Crippen LogP) is 2.88. The zero-order valence-electron chi connectivity index (χ0n) is 10.2. The fourth-order valence-electron chi connectivity index (χ4n) is 1.37. The first kappa shape index (κ1) is 13.6. The van der Waals surface area contributed by atoms with Gasteiger partial charge in [-0.05, 0) is 42.4 Å². The van der Waals surface area contributed by atoms with Crippen LogP contribution in [0, 0.1) is 5.41 Å². The maximum Gasteiger partial charge on any atom is 0.0784 e. The fraction of sp³-hybridized carbons (Fsp3) is 0.583. The minimum absolute atomic E-state index is 0.0434. The van der Waals surface area contributed by atoms with E-state index in [2.05, 4.69) is 42.6 Å². The van der Waals surface area contributed by atoms with E-state index in [1.165, 1.54) is 5.56 Å². The second kappa shape index (κ2) is 5.75. The Labute approximate surface area is 107 Å². The van der Waals surface area contributed by atoms with Crippen LogP contribution >= 0.6 is 23.6 Å². The van der Waals surface area contributed by atoms with E-state index in [0.29, 0.717) is 4.99 Å². The standard InChI is InChI=1S/C12H20N2S2/c1-12(2,11(13)15)5-6-14(3)8-10-4-7-16-9-10/h4,7,9H,5-6,8H2,1-3H3,(H2,13,15). The molecule has 0 aliphatic heterocycles. The van der Waals surface area contributed by atoms with Gasteiger partial charge in [0.15, 0.2) is 0 Å². The van der Waals surface area contributed by atoms with E-state index in [1.807, 2.05) is 0 Å². The molecule has 0 fully saturated rings. The van der Waals surface area contributed by atoms with E-state index in [0.717, 1.165) is 19.5 Å². The van der Waals surface area contributed by atoms with E-state index in [4.69, 9.17) is 18.0 Å². The highest BCUT2D eigenvalue weighted by atomic mass is 32.1. The molecule has 0 aliphatic carbocycles. The minimum Gasteiger partial charge on any atom is -0.393 e. The topological polar surface area (TPSA) is 29.3 Å². The second-order valence-corrected chi connectivity index (χ2v) is 6.09. The van der Waals surface area contributed by atoms with Crippen LogP contribution in [0.2, 0.25) is 0 Å². The van der Waals surface area contributed by atoms with Gasteiger partial charge < -0.3 is 10.6 Å². The zero-order chi connectivity index (χ0) is 12.2. The Morgan fingerprint density at radius 3 is 2.75 bits per heavy atom. The minimum atomic E-state index is -0.0434. The van der Waals surface area contributed by atoms with Crippen molar-refractivity contribution in [2.75, 3.05) is 13.6 Å². The van der Waals surface area contributed by atoms with Crippen LogP contribution in [0.15, 0.2) is 16.8 Å². The van der Waals surface area contributed by atoms with E-state index in [9.17, 15) is 0 Å². The molecule has 1 rings (SSSR count). The van der Waals surface area contributed by atoms with Gasteiger partial charge in [0.25, 0.3) is 0 Å². The SMILES string of the molecule is CN(CCC(C)(C)C(N)=S)Cc1ccsc1. The average molecular weight is 256 g/mol. The van der Waals surface area contributed by atoms with Gasteiger partial charge in [-0.2, -0.15) is 11.3 Å². The van der Waals surface area contributed by atoms with Crippen LogP contribution in [-0.4, -0.2) is 23.5 Å². The molecule has 1 heterocycles. The first-order chi connectivity index (χ1) is 7.42. The van der Waals surface area contributed by atoms with Crippen LogP contribution < -0.4 is 5.73 Å². The number of rotatable bonds is 6. The summed E-state index contributed by atoms with van der Waals surface area (Å²) in [5.41, 5.74) is 7.04. The number of hydrogen-bond donors (Lipinski definition) is 1. The molecule has 0 bridgehead atoms. The molecule has 0 amide bonds. The van der Waals surface area contributed by atoms with Crippen molar-refractivity contribution in [3.63, 3.8) is 0 Å². The molecule has 0 atom stereocenters. The number of nitrogens with zero attached hydrogens (tertiary/aromatic N) is 1. The molecule has 0 saturated heterocycles. The van der Waals surface area contributed by atoms with Gasteiger partial charge in [-0.25, -0.2) is 0 Å². The maximum atomic E-state index is 5.71. The highest BCUT2D eigenvalue weighted by molar-refractivity contribution is 7.80. The summed E-state index contributed by atoms with van der Waals surface area (Å²) >= 11 is 6.80. The van der Waals surface area contributed by atoms with Gasteiger partial charge in [0.1, 0.15) is 0 Å². The molecule has 90 valence electrons. The van der Waals surface area contributed by atoms with Crippen LogP contribution in [0.1, 0.15) is 25.8 Å². The molecule has 0 unspecified atom stereocenters. The van der Waals surface area contributed by atoms with Gasteiger partial charge >= 0.3 is 0 Å². The Hall–Kier alpha value is -0.450. The average Bonchev–Trinajstić information content (AvgIpc) is 2.67. The Kier molecular flexibility index (Phi) is 4.89. The molecule has 4 heteroatoms. The van der Waals surface area contributed by atoms with Gasteiger partial charge in [0.2, 0.25) is 0 Å². The molecule has 1 aromatic heterocycles. The van der Waals surface area contributed by atoms with E-state index in [1.54, 1.807) is 11.3 Å². The Morgan fingerprint density at radius 2 is 2.25 bits per heavy atom. The Bertz CT molecular complexity index is 331. The van der Waals surface area contributed by atoms with Crippen molar-refractivity contribution >= 4 is 28.5 Å². The van der Waals surface area contributed by atoms with Crippen molar-refractivity contribution in [2.45, 2.75) is 26.8 Å². The smallest absolute Gasteiger partial charge is 0.0784 e. The van der Waals surface area contributed by atoms with Crippen molar-refractivity contribution in [2.24, 2.45) is 11.1 Å². The summed E-state index contributed by atoms with van der Waals surface area (Å²) in [6, 6.07) is 2.17. The van der Waals surface area contributed by atoms with Gasteiger partial charge in [0.05, 0.1) is 4.99 Å². The summed E-state index contributed by atoms with van der Waals surface area (Å²) in [5.74, 6) is 0. The van der Waals surface area contributed by atoms with Crippen molar-refractivity contribution < 1.29 is 0 Å². The van der Waals surface area contributed by atoms with Crippen LogP contribution in [0.25, 0.3) is 0 Å². The molecule has 0 aromatic carbocycles. The summed E-state index contributed by atoms with van der Waals surface area (Å²) in [6.45, 7) is 6.22. The fourth-order valence-corrected chi connectivity index (χ4v) is 2.13. The molecular formula is C12H20N2S2. The molecule has 0 radical (unpaired) electrons. The monoisotopic (exact) mass is 256 g/mol. The van der Waals surface area contributed by atoms with Gasteiger partial charge in [0, 0.05) is 12.0 Å². The summed E-state index contributed by atoms with van der Waals surface area (Å²) in [5, 5.41) is 4.30. The van der Waals surface area contributed by atoms with E-state index in [-0.39, 0.29) is 5.41 Å². The molecule has 0 saturated carbocycles. The molecule has 0 aliphatic rings. The van der Waals surface area contributed by atoms with Crippen molar-refractivity contribution in [1.29, 1.82) is 0 Å². The molecule has 2 nitrogen and oxygen atoms in total. The van der Waals surface area contributed by atoms with Gasteiger partial charge in [-0.3, -0.25) is 0 Å². The molecule has 0 spiro atoms. The first-order valence-electron chi connectivity index (χ1n) is 5.41. The first-order valence-corrected chi connectivity index (χ1v) is 6.76. The maximum absolute atomic E-state index is 5.71. The van der Waals surface area contributed by atoms with Crippen molar-refractivity contribution in [3.05, 3.63) is 22.4 Å². The van der Waals surface area contributed by atoms with Crippen LogP contribution in [-0.2, 0) is 6.54 Å². The van der Waals surface area contributed by atoms with E-state index < -0.39 is 0 Å². The summed E-state index contributed by atoms with van der Waals surface area (Å²) < 4.78 is 0. The predicted molar refractivity (Wildman–Crippen MR) is 75.8 cm³/mol. The normalized spacial score (nSPS) is 12.0. The highest BCUT2D eigenvalue weighted by Gasteiger charge is 2.21. The summed E-state index contributed by atoms with van der Waals surface area (Å²) in [6.07, 6.45) is 1.00. The lowest BCUT2D eigenvalue weighted by Crippen LogP contribution is -2.33. The summed E-state index contributed by atoms with van der Waals surface area (Å²) in [4.78, 5) is 2.92. The number of nitrogens with two attached hydrogens (primary N) is 1. The lowest BCUT2D eigenvalue weighted by molar-refractivity contribution is 0.286. The quantitative estimate of drug-likeness (QED) is 0.794. The van der Waals surface area contributed by atoms with Gasteiger partial charge in [-0.15, -0.1) is 0 Å². The van der Waals surface area contributed by atoms with Crippen LogP contribution in [0.3, 0.4) is 0 Å². The molecule has 1 aromatic rings. The third-order valence-corrected chi connectivity index (χ3v) is 4.10. The number of thiophene rings is 1.